The molecule has 0 aliphatic carbocycles. The van der Waals surface area contributed by atoms with Crippen LogP contribution in [0.3, 0.4) is 0 Å². The van der Waals surface area contributed by atoms with Gasteiger partial charge in [-0.2, -0.15) is 10.2 Å². The number of nitrogens with one attached hydrogen (secondary N) is 1. The average Bonchev–Trinajstić information content (AvgIpc) is 3.11. The van der Waals surface area contributed by atoms with E-state index in [1.807, 2.05) is 0 Å². The third-order valence-corrected chi connectivity index (χ3v) is 5.02. The first kappa shape index (κ1) is 15.9. The molecule has 1 N–H and O–H groups in total. The van der Waals surface area contributed by atoms with E-state index in [2.05, 4.69) is 21.5 Å². The first-order valence-corrected chi connectivity index (χ1v) is 8.79. The van der Waals surface area contributed by atoms with Gasteiger partial charge in [-0.15, -0.1) is 12.3 Å². The molecule has 21 heavy (non-hydrogen) atoms. The van der Waals surface area contributed by atoms with Crippen molar-refractivity contribution in [1.29, 1.82) is 0 Å². The summed E-state index contributed by atoms with van der Waals surface area (Å²) in [6.07, 6.45) is 8.65. The fourth-order valence-corrected chi connectivity index (χ4v) is 3.21. The van der Waals surface area contributed by atoms with E-state index in [9.17, 15) is 13.2 Å². The summed E-state index contributed by atoms with van der Waals surface area (Å²) in [7, 11) is -3.09. The molecule has 0 unspecified atom stereocenters. The number of carbonyl (C=O) groups excluding carboxylic acids is 1. The number of rotatable bonds is 8. The lowest BCUT2D eigenvalue weighted by molar-refractivity contribution is -0.121. The van der Waals surface area contributed by atoms with Crippen LogP contribution >= 0.6 is 0 Å². The van der Waals surface area contributed by atoms with E-state index in [1.54, 1.807) is 0 Å². The highest BCUT2D eigenvalue weighted by atomic mass is 32.2. The van der Waals surface area contributed by atoms with Gasteiger partial charge in [-0.25, -0.2) is 12.7 Å². The highest BCUT2D eigenvalue weighted by Crippen LogP contribution is 2.37. The van der Waals surface area contributed by atoms with Crippen molar-refractivity contribution in [2.75, 3.05) is 25.9 Å². The normalized spacial score (nSPS) is 20.6. The van der Waals surface area contributed by atoms with E-state index in [-0.39, 0.29) is 11.8 Å². The molecule has 0 spiro atoms. The van der Waals surface area contributed by atoms with Crippen molar-refractivity contribution in [3.05, 3.63) is 0 Å². The van der Waals surface area contributed by atoms with Crippen LogP contribution in [0.15, 0.2) is 10.2 Å². The Morgan fingerprint density at radius 2 is 2.10 bits per heavy atom. The Morgan fingerprint density at radius 3 is 2.62 bits per heavy atom. The molecular formula is C13H20N4O3S. The SMILES string of the molecule is C#CCCC1(CCC(=O)NCC2CN(S(C)(=O)=O)C2)N=N1. The minimum absolute atomic E-state index is 0.0508. The summed E-state index contributed by atoms with van der Waals surface area (Å²) in [5, 5.41) is 10.8. The van der Waals surface area contributed by atoms with Crippen molar-refractivity contribution in [3.8, 4) is 12.3 Å². The van der Waals surface area contributed by atoms with Gasteiger partial charge >= 0.3 is 0 Å². The Balaban J connectivity index is 1.58. The van der Waals surface area contributed by atoms with Crippen LogP contribution in [0.4, 0.5) is 0 Å². The number of hydrogen-bond donors (Lipinski definition) is 1. The molecule has 0 bridgehead atoms. The summed E-state index contributed by atoms with van der Waals surface area (Å²) in [5.41, 5.74) is -0.423. The van der Waals surface area contributed by atoms with Crippen LogP contribution < -0.4 is 5.32 Å². The third kappa shape index (κ3) is 4.51. The highest BCUT2D eigenvalue weighted by Gasteiger charge is 2.39. The van der Waals surface area contributed by atoms with Gasteiger partial charge in [0, 0.05) is 51.2 Å². The highest BCUT2D eigenvalue weighted by molar-refractivity contribution is 7.88. The molecule has 2 rings (SSSR count). The van der Waals surface area contributed by atoms with Gasteiger partial charge in [0.05, 0.1) is 6.26 Å². The van der Waals surface area contributed by atoms with Gasteiger partial charge in [0.25, 0.3) is 0 Å². The lowest BCUT2D eigenvalue weighted by atomic mass is 10.0. The summed E-state index contributed by atoms with van der Waals surface area (Å²) in [4.78, 5) is 11.7. The van der Waals surface area contributed by atoms with E-state index in [0.717, 1.165) is 0 Å². The van der Waals surface area contributed by atoms with Crippen LogP contribution in [0.25, 0.3) is 0 Å². The molecule has 2 heterocycles. The Morgan fingerprint density at radius 1 is 1.43 bits per heavy atom. The average molecular weight is 312 g/mol. The fourth-order valence-electron chi connectivity index (χ4n) is 2.25. The summed E-state index contributed by atoms with van der Waals surface area (Å²) in [5.74, 6) is 2.70. The lowest BCUT2D eigenvalue weighted by Gasteiger charge is -2.37. The Hall–Kier alpha value is -1.46. The van der Waals surface area contributed by atoms with Gasteiger partial charge < -0.3 is 5.32 Å². The maximum Gasteiger partial charge on any atom is 0.220 e. The smallest absolute Gasteiger partial charge is 0.220 e. The van der Waals surface area contributed by atoms with E-state index in [0.29, 0.717) is 45.3 Å². The molecule has 8 heteroatoms. The zero-order valence-corrected chi connectivity index (χ0v) is 12.9. The topological polar surface area (TPSA) is 91.2 Å². The third-order valence-electron chi connectivity index (χ3n) is 3.79. The molecule has 2 aliphatic rings. The minimum atomic E-state index is -3.09. The van der Waals surface area contributed by atoms with Gasteiger partial charge in [0.1, 0.15) is 0 Å². The summed E-state index contributed by atoms with van der Waals surface area (Å²) < 4.78 is 23.8. The second kappa shape index (κ2) is 6.12. The number of sulfonamides is 1. The van der Waals surface area contributed by atoms with Crippen LogP contribution in [-0.2, 0) is 14.8 Å². The Labute approximate surface area is 125 Å². The van der Waals surface area contributed by atoms with Crippen LogP contribution in [0.2, 0.25) is 0 Å². The number of hydrogen-bond acceptors (Lipinski definition) is 5. The maximum atomic E-state index is 11.7. The van der Waals surface area contributed by atoms with E-state index in [4.69, 9.17) is 6.42 Å². The van der Waals surface area contributed by atoms with Crippen molar-refractivity contribution < 1.29 is 13.2 Å². The van der Waals surface area contributed by atoms with E-state index < -0.39 is 15.7 Å². The molecule has 0 aromatic carbocycles. The molecule has 0 saturated carbocycles. The zero-order valence-electron chi connectivity index (χ0n) is 12.1. The first-order valence-electron chi connectivity index (χ1n) is 6.94. The number of amides is 1. The molecule has 116 valence electrons. The molecule has 0 aromatic heterocycles. The predicted octanol–water partition coefficient (Wildman–Crippen LogP) is 0.350. The van der Waals surface area contributed by atoms with E-state index >= 15 is 0 Å². The van der Waals surface area contributed by atoms with E-state index in [1.165, 1.54) is 10.6 Å². The number of nitrogens with zero attached hydrogens (tertiary/aromatic N) is 3. The summed E-state index contributed by atoms with van der Waals surface area (Å²) in [6.45, 7) is 1.47. The van der Waals surface area contributed by atoms with Gasteiger partial charge in [-0.3, -0.25) is 4.79 Å². The van der Waals surface area contributed by atoms with Gasteiger partial charge in [0.15, 0.2) is 5.66 Å². The maximum absolute atomic E-state index is 11.7. The second-order valence-electron chi connectivity index (χ2n) is 5.64. The van der Waals surface area contributed by atoms with Crippen molar-refractivity contribution in [3.63, 3.8) is 0 Å². The molecular weight excluding hydrogens is 292 g/mol. The van der Waals surface area contributed by atoms with Gasteiger partial charge in [-0.05, 0) is 0 Å². The second-order valence-corrected chi connectivity index (χ2v) is 7.62. The van der Waals surface area contributed by atoms with Crippen molar-refractivity contribution in [1.82, 2.24) is 9.62 Å². The molecule has 1 fully saturated rings. The lowest BCUT2D eigenvalue weighted by Crippen LogP contribution is -2.53. The number of terminal acetylenes is 1. The Bertz CT molecular complexity index is 567. The molecule has 0 radical (unpaired) electrons. The molecule has 1 saturated heterocycles. The molecule has 0 aromatic rings. The molecule has 1 amide bonds. The first-order chi connectivity index (χ1) is 9.85. The van der Waals surface area contributed by atoms with Crippen LogP contribution in [0.5, 0.6) is 0 Å². The van der Waals surface area contributed by atoms with Crippen LogP contribution in [0.1, 0.15) is 25.7 Å². The van der Waals surface area contributed by atoms with Gasteiger partial charge in [-0.1, -0.05) is 0 Å². The molecule has 2 aliphatic heterocycles. The van der Waals surface area contributed by atoms with Crippen LogP contribution in [-0.4, -0.2) is 50.2 Å². The standard InChI is InChI=1S/C13H20N4O3S/c1-3-4-6-13(15-16-13)7-5-12(18)14-8-11-9-17(10-11)21(2,19)20/h1,11H,4-10H2,2H3,(H,14,18). The quantitative estimate of drug-likeness (QED) is 0.656. The number of carbonyl (C=O) groups is 1. The summed E-state index contributed by atoms with van der Waals surface area (Å²) >= 11 is 0. The van der Waals surface area contributed by atoms with Crippen molar-refractivity contribution >= 4 is 15.9 Å². The Kier molecular flexibility index (Phi) is 4.64. The monoisotopic (exact) mass is 312 g/mol. The fraction of sp³-hybridized carbons (Fsp3) is 0.769. The van der Waals surface area contributed by atoms with Crippen LogP contribution in [0, 0.1) is 18.3 Å². The van der Waals surface area contributed by atoms with Crippen molar-refractivity contribution in [2.24, 2.45) is 16.1 Å². The summed E-state index contributed by atoms with van der Waals surface area (Å²) in [6, 6.07) is 0. The predicted molar refractivity (Wildman–Crippen MR) is 77.8 cm³/mol. The van der Waals surface area contributed by atoms with Gasteiger partial charge in [0.2, 0.25) is 15.9 Å². The zero-order chi connectivity index (χ0) is 15.5. The molecule has 0 atom stereocenters. The largest absolute Gasteiger partial charge is 0.356 e. The van der Waals surface area contributed by atoms with Crippen molar-refractivity contribution in [2.45, 2.75) is 31.3 Å². The molecule has 7 nitrogen and oxygen atoms in total. The minimum Gasteiger partial charge on any atom is -0.356 e.